The minimum absolute atomic E-state index is 0.00582. The molecule has 3 heteroatoms. The van der Waals surface area contributed by atoms with Crippen LogP contribution >= 0.6 is 0 Å². The zero-order valence-electron chi connectivity index (χ0n) is 11.5. The van der Waals surface area contributed by atoms with E-state index >= 15 is 0 Å². The Balaban J connectivity index is 1.98. The predicted octanol–water partition coefficient (Wildman–Crippen LogP) is 1.95. The SMILES string of the molecule is CC(C(=O)N(C)C)N1CCC(c2ccccc2)C1. The summed E-state index contributed by atoms with van der Waals surface area (Å²) in [5, 5.41) is 0. The van der Waals surface area contributed by atoms with Crippen LogP contribution in [0.3, 0.4) is 0 Å². The van der Waals surface area contributed by atoms with E-state index < -0.39 is 0 Å². The molecule has 1 aliphatic heterocycles. The van der Waals surface area contributed by atoms with Crippen molar-refractivity contribution in [3.8, 4) is 0 Å². The number of carbonyl (C=O) groups excluding carboxylic acids is 1. The number of hydrogen-bond acceptors (Lipinski definition) is 2. The molecule has 1 aromatic carbocycles. The van der Waals surface area contributed by atoms with E-state index in [0.29, 0.717) is 5.92 Å². The van der Waals surface area contributed by atoms with Gasteiger partial charge >= 0.3 is 0 Å². The maximum Gasteiger partial charge on any atom is 0.239 e. The molecular weight excluding hydrogens is 224 g/mol. The quantitative estimate of drug-likeness (QED) is 0.814. The average Bonchev–Trinajstić information content (AvgIpc) is 2.87. The molecule has 1 aromatic rings. The number of nitrogens with zero attached hydrogens (tertiary/aromatic N) is 2. The minimum atomic E-state index is -0.00582. The van der Waals surface area contributed by atoms with Crippen LogP contribution < -0.4 is 0 Å². The first-order valence-corrected chi connectivity index (χ1v) is 6.59. The molecule has 0 saturated carbocycles. The van der Waals surface area contributed by atoms with Gasteiger partial charge in [-0.05, 0) is 31.4 Å². The zero-order valence-corrected chi connectivity index (χ0v) is 11.5. The molecule has 0 radical (unpaired) electrons. The first-order chi connectivity index (χ1) is 8.59. The van der Waals surface area contributed by atoms with Gasteiger partial charge in [0.25, 0.3) is 0 Å². The minimum Gasteiger partial charge on any atom is -0.347 e. The average molecular weight is 246 g/mol. The second-order valence-corrected chi connectivity index (χ2v) is 5.30. The Morgan fingerprint density at radius 3 is 2.61 bits per heavy atom. The third-order valence-corrected chi connectivity index (χ3v) is 3.84. The molecule has 1 aliphatic rings. The van der Waals surface area contributed by atoms with E-state index in [0.717, 1.165) is 19.5 Å². The zero-order chi connectivity index (χ0) is 13.1. The predicted molar refractivity (Wildman–Crippen MR) is 73.5 cm³/mol. The van der Waals surface area contributed by atoms with E-state index in [4.69, 9.17) is 0 Å². The normalized spacial score (nSPS) is 21.8. The van der Waals surface area contributed by atoms with Crippen LogP contribution in [0.2, 0.25) is 0 Å². The molecular formula is C15H22N2O. The van der Waals surface area contributed by atoms with Gasteiger partial charge in [-0.25, -0.2) is 0 Å². The Morgan fingerprint density at radius 1 is 1.33 bits per heavy atom. The van der Waals surface area contributed by atoms with Crippen LogP contribution in [0.5, 0.6) is 0 Å². The maximum absolute atomic E-state index is 12.0. The number of likely N-dealkylation sites (tertiary alicyclic amines) is 1. The highest BCUT2D eigenvalue weighted by atomic mass is 16.2. The fourth-order valence-electron chi connectivity index (χ4n) is 2.67. The number of amides is 1. The highest BCUT2D eigenvalue weighted by Gasteiger charge is 2.30. The third kappa shape index (κ3) is 2.72. The Kier molecular flexibility index (Phi) is 4.02. The van der Waals surface area contributed by atoms with Gasteiger partial charge in [-0.15, -0.1) is 0 Å². The van der Waals surface area contributed by atoms with Gasteiger partial charge in [-0.3, -0.25) is 9.69 Å². The van der Waals surface area contributed by atoms with E-state index in [9.17, 15) is 4.79 Å². The summed E-state index contributed by atoms with van der Waals surface area (Å²) in [5.41, 5.74) is 1.39. The lowest BCUT2D eigenvalue weighted by atomic mass is 9.99. The van der Waals surface area contributed by atoms with Crippen molar-refractivity contribution in [2.45, 2.75) is 25.3 Å². The third-order valence-electron chi connectivity index (χ3n) is 3.84. The van der Waals surface area contributed by atoms with Crippen molar-refractivity contribution in [3.63, 3.8) is 0 Å². The van der Waals surface area contributed by atoms with E-state index in [2.05, 4.69) is 35.2 Å². The van der Waals surface area contributed by atoms with Crippen LogP contribution in [0.25, 0.3) is 0 Å². The van der Waals surface area contributed by atoms with Gasteiger partial charge in [0.1, 0.15) is 0 Å². The molecule has 1 saturated heterocycles. The van der Waals surface area contributed by atoms with E-state index in [1.54, 1.807) is 4.90 Å². The van der Waals surface area contributed by atoms with Crippen LogP contribution in [0.4, 0.5) is 0 Å². The van der Waals surface area contributed by atoms with E-state index in [1.807, 2.05) is 21.0 Å². The van der Waals surface area contributed by atoms with Gasteiger partial charge in [0.15, 0.2) is 0 Å². The number of benzene rings is 1. The van der Waals surface area contributed by atoms with Gasteiger partial charge in [0, 0.05) is 20.6 Å². The summed E-state index contributed by atoms with van der Waals surface area (Å²) >= 11 is 0. The molecule has 0 aromatic heterocycles. The lowest BCUT2D eigenvalue weighted by molar-refractivity contribution is -0.133. The smallest absolute Gasteiger partial charge is 0.239 e. The monoisotopic (exact) mass is 246 g/mol. The Hall–Kier alpha value is -1.35. The summed E-state index contributed by atoms with van der Waals surface area (Å²) in [6.45, 7) is 4.01. The summed E-state index contributed by atoms with van der Waals surface area (Å²) in [5.74, 6) is 0.771. The van der Waals surface area contributed by atoms with Crippen LogP contribution in [0.1, 0.15) is 24.8 Å². The van der Waals surface area contributed by atoms with Gasteiger partial charge in [-0.1, -0.05) is 30.3 Å². The van der Waals surface area contributed by atoms with Crippen molar-refractivity contribution in [1.82, 2.24) is 9.80 Å². The molecule has 2 unspecified atom stereocenters. The van der Waals surface area contributed by atoms with Crippen LogP contribution in [-0.2, 0) is 4.79 Å². The van der Waals surface area contributed by atoms with Crippen molar-refractivity contribution < 1.29 is 4.79 Å². The van der Waals surface area contributed by atoms with Crippen molar-refractivity contribution in [2.24, 2.45) is 0 Å². The molecule has 2 rings (SSSR count). The van der Waals surface area contributed by atoms with Crippen molar-refractivity contribution >= 4 is 5.91 Å². The summed E-state index contributed by atoms with van der Waals surface area (Å²) in [7, 11) is 3.65. The van der Waals surface area contributed by atoms with Crippen LogP contribution in [0, 0.1) is 0 Å². The molecule has 0 bridgehead atoms. The Bertz CT molecular complexity index is 402. The molecule has 98 valence electrons. The van der Waals surface area contributed by atoms with Gasteiger partial charge < -0.3 is 4.90 Å². The lowest BCUT2D eigenvalue weighted by Gasteiger charge is -2.26. The van der Waals surface area contributed by atoms with Crippen molar-refractivity contribution in [3.05, 3.63) is 35.9 Å². The number of carbonyl (C=O) groups is 1. The highest BCUT2D eigenvalue weighted by Crippen LogP contribution is 2.28. The first kappa shape index (κ1) is 13.1. The molecule has 0 aliphatic carbocycles. The highest BCUT2D eigenvalue weighted by molar-refractivity contribution is 5.81. The number of likely N-dealkylation sites (N-methyl/N-ethyl adjacent to an activating group) is 1. The van der Waals surface area contributed by atoms with Crippen LogP contribution in [0.15, 0.2) is 30.3 Å². The topological polar surface area (TPSA) is 23.6 Å². The molecule has 18 heavy (non-hydrogen) atoms. The van der Waals surface area contributed by atoms with Crippen molar-refractivity contribution in [2.75, 3.05) is 27.2 Å². The Labute approximate surface area is 109 Å². The molecule has 1 heterocycles. The fourth-order valence-corrected chi connectivity index (χ4v) is 2.67. The fraction of sp³-hybridized carbons (Fsp3) is 0.533. The molecule has 1 amide bonds. The summed E-state index contributed by atoms with van der Waals surface area (Å²) in [6.07, 6.45) is 1.15. The first-order valence-electron chi connectivity index (χ1n) is 6.59. The van der Waals surface area contributed by atoms with E-state index in [-0.39, 0.29) is 11.9 Å². The van der Waals surface area contributed by atoms with Gasteiger partial charge in [0.05, 0.1) is 6.04 Å². The largest absolute Gasteiger partial charge is 0.347 e. The lowest BCUT2D eigenvalue weighted by Crippen LogP contribution is -2.43. The van der Waals surface area contributed by atoms with Crippen LogP contribution in [-0.4, -0.2) is 48.9 Å². The molecule has 2 atom stereocenters. The standard InChI is InChI=1S/C15H22N2O/c1-12(15(18)16(2)3)17-10-9-14(11-17)13-7-5-4-6-8-13/h4-8,12,14H,9-11H2,1-3H3. The summed E-state index contributed by atoms with van der Waals surface area (Å²) in [4.78, 5) is 15.9. The van der Waals surface area contributed by atoms with Crippen molar-refractivity contribution in [1.29, 1.82) is 0 Å². The molecule has 1 fully saturated rings. The van der Waals surface area contributed by atoms with Gasteiger partial charge in [0.2, 0.25) is 5.91 Å². The number of rotatable bonds is 3. The van der Waals surface area contributed by atoms with Gasteiger partial charge in [-0.2, -0.15) is 0 Å². The summed E-state index contributed by atoms with van der Waals surface area (Å²) < 4.78 is 0. The maximum atomic E-state index is 12.0. The Morgan fingerprint density at radius 2 is 2.00 bits per heavy atom. The second-order valence-electron chi connectivity index (χ2n) is 5.30. The molecule has 3 nitrogen and oxygen atoms in total. The number of hydrogen-bond donors (Lipinski definition) is 0. The summed E-state index contributed by atoms with van der Waals surface area (Å²) in [6, 6.07) is 10.6. The van der Waals surface area contributed by atoms with E-state index in [1.165, 1.54) is 5.56 Å². The molecule has 0 N–H and O–H groups in total. The second kappa shape index (κ2) is 5.53. The molecule has 0 spiro atoms.